The third kappa shape index (κ3) is 1.82. The lowest BCUT2D eigenvalue weighted by molar-refractivity contribution is 0.652. The summed E-state index contributed by atoms with van der Waals surface area (Å²) >= 11 is 5.51. The van der Waals surface area contributed by atoms with Gasteiger partial charge in [-0.2, -0.15) is 0 Å². The summed E-state index contributed by atoms with van der Waals surface area (Å²) in [6, 6.07) is 10.5. The maximum Gasteiger partial charge on any atom is 0.113 e. The fourth-order valence-electron chi connectivity index (χ4n) is 1.93. The molecule has 0 fully saturated rings. The van der Waals surface area contributed by atoms with Gasteiger partial charge in [-0.25, -0.2) is 0 Å². The Kier molecular flexibility index (Phi) is 2.87. The number of nitrogens with zero attached hydrogens (tertiary/aromatic N) is 1. The Morgan fingerprint density at radius 3 is 2.73 bits per heavy atom. The maximum atomic E-state index is 5.51. The molecule has 0 aliphatic carbocycles. The SMILES string of the molecule is CCCn1c(C)cc2ccccc2c1=S. The number of hydrogen-bond acceptors (Lipinski definition) is 1. The molecule has 0 saturated carbocycles. The highest BCUT2D eigenvalue weighted by Gasteiger charge is 2.01. The van der Waals surface area contributed by atoms with Gasteiger partial charge in [0.25, 0.3) is 0 Å². The number of pyridine rings is 1. The van der Waals surface area contributed by atoms with Crippen molar-refractivity contribution in [3.8, 4) is 0 Å². The van der Waals surface area contributed by atoms with Crippen molar-refractivity contribution in [1.82, 2.24) is 4.57 Å². The van der Waals surface area contributed by atoms with E-state index in [-0.39, 0.29) is 0 Å². The molecular formula is C13H15NS. The molecule has 0 bridgehead atoms. The third-order valence-corrected chi connectivity index (χ3v) is 3.11. The lowest BCUT2D eigenvalue weighted by atomic mass is 10.1. The van der Waals surface area contributed by atoms with Crippen LogP contribution in [0.4, 0.5) is 0 Å². The van der Waals surface area contributed by atoms with Crippen molar-refractivity contribution in [2.45, 2.75) is 26.8 Å². The minimum Gasteiger partial charge on any atom is -0.336 e. The standard InChI is InChI=1S/C13H15NS/c1-3-8-14-10(2)9-11-6-4-5-7-12(11)13(14)15/h4-7,9H,3,8H2,1-2H3. The average molecular weight is 217 g/mol. The van der Waals surface area contributed by atoms with Crippen LogP contribution in [0.2, 0.25) is 0 Å². The number of hydrogen-bond donors (Lipinski definition) is 0. The van der Waals surface area contributed by atoms with Gasteiger partial charge in [0.05, 0.1) is 0 Å². The van der Waals surface area contributed by atoms with Gasteiger partial charge in [0.15, 0.2) is 0 Å². The van der Waals surface area contributed by atoms with Crippen molar-refractivity contribution < 1.29 is 0 Å². The first-order valence-electron chi connectivity index (χ1n) is 5.33. The van der Waals surface area contributed by atoms with E-state index in [1.54, 1.807) is 0 Å². The first-order valence-corrected chi connectivity index (χ1v) is 5.74. The van der Waals surface area contributed by atoms with Crippen LogP contribution in [0.1, 0.15) is 19.0 Å². The van der Waals surface area contributed by atoms with E-state index < -0.39 is 0 Å². The summed E-state index contributed by atoms with van der Waals surface area (Å²) in [7, 11) is 0. The predicted molar refractivity (Wildman–Crippen MR) is 67.8 cm³/mol. The van der Waals surface area contributed by atoms with E-state index in [9.17, 15) is 0 Å². The molecule has 0 atom stereocenters. The van der Waals surface area contributed by atoms with Crippen LogP contribution in [-0.2, 0) is 6.54 Å². The summed E-state index contributed by atoms with van der Waals surface area (Å²) in [4.78, 5) is 0. The van der Waals surface area contributed by atoms with Gasteiger partial charge >= 0.3 is 0 Å². The van der Waals surface area contributed by atoms with Crippen molar-refractivity contribution in [2.24, 2.45) is 0 Å². The molecule has 2 aromatic rings. The first kappa shape index (κ1) is 10.4. The molecule has 78 valence electrons. The van der Waals surface area contributed by atoms with E-state index in [0.29, 0.717) is 0 Å². The molecule has 2 heteroatoms. The van der Waals surface area contributed by atoms with Gasteiger partial charge in [-0.05, 0) is 24.8 Å². The van der Waals surface area contributed by atoms with Gasteiger partial charge < -0.3 is 4.57 Å². The Hall–Kier alpha value is -1.15. The summed E-state index contributed by atoms with van der Waals surface area (Å²) in [5.74, 6) is 0. The second-order valence-corrected chi connectivity index (χ2v) is 4.22. The fraction of sp³-hybridized carbons (Fsp3) is 0.308. The lowest BCUT2D eigenvalue weighted by Crippen LogP contribution is -2.04. The Labute approximate surface area is 95.4 Å². The largest absolute Gasteiger partial charge is 0.336 e. The van der Waals surface area contributed by atoms with Crippen LogP contribution in [-0.4, -0.2) is 4.57 Å². The molecule has 1 aromatic heterocycles. The average Bonchev–Trinajstić information content (AvgIpc) is 2.24. The first-order chi connectivity index (χ1) is 7.24. The number of rotatable bonds is 2. The summed E-state index contributed by atoms with van der Waals surface area (Å²) in [6.07, 6.45) is 1.12. The van der Waals surface area contributed by atoms with Gasteiger partial charge in [0.1, 0.15) is 4.64 Å². The van der Waals surface area contributed by atoms with Crippen LogP contribution >= 0.6 is 12.2 Å². The molecule has 0 aliphatic heterocycles. The molecule has 15 heavy (non-hydrogen) atoms. The molecule has 0 spiro atoms. The van der Waals surface area contributed by atoms with E-state index in [4.69, 9.17) is 12.2 Å². The number of fused-ring (bicyclic) bond motifs is 1. The lowest BCUT2D eigenvalue weighted by Gasteiger charge is -2.12. The summed E-state index contributed by atoms with van der Waals surface area (Å²) in [6.45, 7) is 5.31. The van der Waals surface area contributed by atoms with Crippen molar-refractivity contribution in [3.05, 3.63) is 40.7 Å². The van der Waals surface area contributed by atoms with Gasteiger partial charge in [-0.1, -0.05) is 43.4 Å². The monoisotopic (exact) mass is 217 g/mol. The van der Waals surface area contributed by atoms with E-state index in [2.05, 4.69) is 42.7 Å². The van der Waals surface area contributed by atoms with E-state index >= 15 is 0 Å². The van der Waals surface area contributed by atoms with E-state index in [1.165, 1.54) is 16.5 Å². The topological polar surface area (TPSA) is 4.93 Å². The Bertz CT molecular complexity index is 540. The van der Waals surface area contributed by atoms with Crippen LogP contribution < -0.4 is 0 Å². The van der Waals surface area contributed by atoms with Crippen molar-refractivity contribution in [1.29, 1.82) is 0 Å². The molecule has 0 unspecified atom stereocenters. The van der Waals surface area contributed by atoms with Gasteiger partial charge in [-0.3, -0.25) is 0 Å². The molecule has 1 heterocycles. The Balaban J connectivity index is 2.78. The summed E-state index contributed by atoms with van der Waals surface area (Å²) < 4.78 is 3.19. The second kappa shape index (κ2) is 4.15. The van der Waals surface area contributed by atoms with Gasteiger partial charge in [0, 0.05) is 17.6 Å². The molecule has 0 aliphatic rings. The Morgan fingerprint density at radius 1 is 1.27 bits per heavy atom. The molecular weight excluding hydrogens is 202 g/mol. The molecule has 0 N–H and O–H groups in total. The predicted octanol–water partition coefficient (Wildman–Crippen LogP) is 4.09. The highest BCUT2D eigenvalue weighted by Crippen LogP contribution is 2.18. The zero-order valence-corrected chi connectivity index (χ0v) is 9.97. The number of aromatic nitrogens is 1. The fourth-order valence-corrected chi connectivity index (χ4v) is 2.35. The second-order valence-electron chi connectivity index (χ2n) is 3.83. The normalized spacial score (nSPS) is 10.8. The zero-order chi connectivity index (χ0) is 10.8. The van der Waals surface area contributed by atoms with Crippen LogP contribution in [0.15, 0.2) is 30.3 Å². The third-order valence-electron chi connectivity index (χ3n) is 2.67. The number of benzene rings is 1. The van der Waals surface area contributed by atoms with Gasteiger partial charge in [0.2, 0.25) is 0 Å². The van der Waals surface area contributed by atoms with Crippen LogP contribution in [0, 0.1) is 11.6 Å². The molecule has 2 rings (SSSR count). The molecule has 1 nitrogen and oxygen atoms in total. The minimum atomic E-state index is 0.965. The molecule has 0 amide bonds. The van der Waals surface area contributed by atoms with Crippen LogP contribution in [0.5, 0.6) is 0 Å². The van der Waals surface area contributed by atoms with Crippen molar-refractivity contribution in [2.75, 3.05) is 0 Å². The van der Waals surface area contributed by atoms with Gasteiger partial charge in [-0.15, -0.1) is 0 Å². The zero-order valence-electron chi connectivity index (χ0n) is 9.16. The smallest absolute Gasteiger partial charge is 0.113 e. The van der Waals surface area contributed by atoms with Crippen LogP contribution in [0.3, 0.4) is 0 Å². The molecule has 0 radical (unpaired) electrons. The van der Waals surface area contributed by atoms with E-state index in [0.717, 1.165) is 17.6 Å². The van der Waals surface area contributed by atoms with E-state index in [1.807, 2.05) is 6.07 Å². The summed E-state index contributed by atoms with van der Waals surface area (Å²) in [5, 5.41) is 2.43. The maximum absolute atomic E-state index is 5.51. The highest BCUT2D eigenvalue weighted by molar-refractivity contribution is 7.71. The highest BCUT2D eigenvalue weighted by atomic mass is 32.1. The van der Waals surface area contributed by atoms with Crippen molar-refractivity contribution >= 4 is 23.0 Å². The van der Waals surface area contributed by atoms with Crippen molar-refractivity contribution in [3.63, 3.8) is 0 Å². The van der Waals surface area contributed by atoms with Crippen LogP contribution in [0.25, 0.3) is 10.8 Å². The molecule has 0 saturated heterocycles. The number of aryl methyl sites for hydroxylation is 1. The minimum absolute atomic E-state index is 0.965. The quantitative estimate of drug-likeness (QED) is 0.686. The Morgan fingerprint density at radius 2 is 2.00 bits per heavy atom. The molecule has 1 aromatic carbocycles. The summed E-state index contributed by atoms with van der Waals surface area (Å²) in [5.41, 5.74) is 1.25.